The highest BCUT2D eigenvalue weighted by molar-refractivity contribution is 5.90. The molecule has 31 heavy (non-hydrogen) atoms. The van der Waals surface area contributed by atoms with Gasteiger partial charge in [-0.25, -0.2) is 18.7 Å². The van der Waals surface area contributed by atoms with Crippen LogP contribution in [0.4, 0.5) is 13.2 Å². The van der Waals surface area contributed by atoms with Gasteiger partial charge in [-0.2, -0.15) is 4.39 Å². The summed E-state index contributed by atoms with van der Waals surface area (Å²) in [6.45, 7) is 1.95. The van der Waals surface area contributed by atoms with Crippen molar-refractivity contribution in [3.05, 3.63) is 90.4 Å². The van der Waals surface area contributed by atoms with E-state index in [2.05, 4.69) is 19.9 Å². The van der Waals surface area contributed by atoms with Gasteiger partial charge in [0.1, 0.15) is 11.6 Å². The molecule has 0 spiro atoms. The van der Waals surface area contributed by atoms with Crippen molar-refractivity contribution in [2.45, 2.75) is 6.92 Å². The van der Waals surface area contributed by atoms with E-state index >= 15 is 0 Å². The van der Waals surface area contributed by atoms with E-state index < -0.39 is 17.7 Å². The molecule has 0 fully saturated rings. The first-order chi connectivity index (χ1) is 15.0. The smallest absolute Gasteiger partial charge is 0.308 e. The lowest BCUT2D eigenvalue weighted by atomic mass is 10.00. The van der Waals surface area contributed by atoms with Crippen LogP contribution in [0.25, 0.3) is 44.5 Å². The lowest BCUT2D eigenvalue weighted by Crippen LogP contribution is -1.93. The topological polar surface area (TPSA) is 54.5 Å². The number of hydrogen-bond acceptors (Lipinski definition) is 3. The van der Waals surface area contributed by atoms with Crippen LogP contribution in [0.1, 0.15) is 5.56 Å². The molecule has 0 radical (unpaired) electrons. The maximum absolute atomic E-state index is 14.2. The Morgan fingerprint density at radius 3 is 2.23 bits per heavy atom. The number of halogens is 3. The highest BCUT2D eigenvalue weighted by atomic mass is 19.1. The van der Waals surface area contributed by atoms with Crippen LogP contribution in [0.5, 0.6) is 0 Å². The molecule has 7 heteroatoms. The minimum absolute atomic E-state index is 0.0797. The zero-order valence-electron chi connectivity index (χ0n) is 16.3. The van der Waals surface area contributed by atoms with Crippen molar-refractivity contribution in [1.29, 1.82) is 0 Å². The number of aromatic amines is 1. The predicted molar refractivity (Wildman–Crippen MR) is 113 cm³/mol. The predicted octanol–water partition coefficient (Wildman–Crippen LogP) is 6.08. The summed E-state index contributed by atoms with van der Waals surface area (Å²) in [4.78, 5) is 14.7. The van der Waals surface area contributed by atoms with Crippen molar-refractivity contribution in [1.82, 2.24) is 19.9 Å². The van der Waals surface area contributed by atoms with E-state index in [1.165, 1.54) is 30.6 Å². The molecule has 1 N–H and O–H groups in total. The van der Waals surface area contributed by atoms with Gasteiger partial charge in [0.15, 0.2) is 0 Å². The second-order valence-electron chi connectivity index (χ2n) is 7.21. The SMILES string of the molecule is Cc1cc(-c2cnc(F)nc2)ncc1-c1ccc2[nH]c(-c3c(F)cccc3F)cc2c1. The number of H-pyrrole nitrogens is 1. The lowest BCUT2D eigenvalue weighted by Gasteiger charge is -2.08. The first-order valence-electron chi connectivity index (χ1n) is 9.52. The Balaban J connectivity index is 1.54. The Morgan fingerprint density at radius 2 is 1.52 bits per heavy atom. The number of rotatable bonds is 3. The summed E-state index contributed by atoms with van der Waals surface area (Å²) in [5, 5.41) is 0.825. The molecule has 5 rings (SSSR count). The number of benzene rings is 2. The minimum Gasteiger partial charge on any atom is -0.354 e. The van der Waals surface area contributed by atoms with Crippen molar-refractivity contribution in [3.63, 3.8) is 0 Å². The van der Waals surface area contributed by atoms with Gasteiger partial charge in [-0.05, 0) is 54.4 Å². The molecule has 0 unspecified atom stereocenters. The van der Waals surface area contributed by atoms with Gasteiger partial charge in [-0.15, -0.1) is 0 Å². The number of fused-ring (bicyclic) bond motifs is 1. The number of aryl methyl sites for hydroxylation is 1. The van der Waals surface area contributed by atoms with Crippen molar-refractivity contribution < 1.29 is 13.2 Å². The maximum Gasteiger partial charge on any atom is 0.308 e. The fourth-order valence-electron chi connectivity index (χ4n) is 3.65. The van der Waals surface area contributed by atoms with Gasteiger partial charge in [0.2, 0.25) is 0 Å². The van der Waals surface area contributed by atoms with Crippen molar-refractivity contribution in [2.75, 3.05) is 0 Å². The molecule has 5 aromatic rings. The summed E-state index contributed by atoms with van der Waals surface area (Å²) in [6, 6.07) is 13.2. The second kappa shape index (κ2) is 7.36. The first kappa shape index (κ1) is 19.0. The van der Waals surface area contributed by atoms with Gasteiger partial charge in [-0.3, -0.25) is 4.98 Å². The molecule has 0 saturated heterocycles. The zero-order chi connectivity index (χ0) is 21.5. The summed E-state index contributed by atoms with van der Waals surface area (Å²) < 4.78 is 41.3. The van der Waals surface area contributed by atoms with Crippen LogP contribution in [-0.2, 0) is 0 Å². The third-order valence-corrected chi connectivity index (χ3v) is 5.19. The normalized spacial score (nSPS) is 11.2. The Hall–Kier alpha value is -4.00. The summed E-state index contributed by atoms with van der Waals surface area (Å²) >= 11 is 0. The largest absolute Gasteiger partial charge is 0.354 e. The number of hydrogen-bond donors (Lipinski definition) is 1. The van der Waals surface area contributed by atoms with Crippen LogP contribution in [0.15, 0.2) is 67.1 Å². The first-order valence-corrected chi connectivity index (χ1v) is 9.52. The van der Waals surface area contributed by atoms with Gasteiger partial charge >= 0.3 is 6.08 Å². The van der Waals surface area contributed by atoms with Crippen molar-refractivity contribution in [3.8, 4) is 33.6 Å². The van der Waals surface area contributed by atoms with Gasteiger partial charge < -0.3 is 4.98 Å². The summed E-state index contributed by atoms with van der Waals surface area (Å²) in [5.74, 6) is -1.24. The monoisotopic (exact) mass is 416 g/mol. The van der Waals surface area contributed by atoms with Crippen molar-refractivity contribution >= 4 is 10.9 Å². The van der Waals surface area contributed by atoms with E-state index in [1.807, 2.05) is 31.2 Å². The lowest BCUT2D eigenvalue weighted by molar-refractivity contribution is 0.539. The average molecular weight is 416 g/mol. The Kier molecular flexibility index (Phi) is 4.51. The highest BCUT2D eigenvalue weighted by Gasteiger charge is 2.14. The molecule has 0 aliphatic carbocycles. The fourth-order valence-corrected chi connectivity index (χ4v) is 3.65. The van der Waals surface area contributed by atoms with E-state index in [9.17, 15) is 13.2 Å². The van der Waals surface area contributed by atoms with Gasteiger partial charge in [-0.1, -0.05) is 12.1 Å². The van der Waals surface area contributed by atoms with E-state index in [0.717, 1.165) is 27.6 Å². The molecule has 4 nitrogen and oxygen atoms in total. The highest BCUT2D eigenvalue weighted by Crippen LogP contribution is 2.32. The summed E-state index contributed by atoms with van der Waals surface area (Å²) in [7, 11) is 0. The quantitative estimate of drug-likeness (QED) is 0.363. The molecule has 0 bridgehead atoms. The number of pyridine rings is 1. The van der Waals surface area contributed by atoms with Gasteiger partial charge in [0.25, 0.3) is 0 Å². The average Bonchev–Trinajstić information content (AvgIpc) is 3.17. The maximum atomic E-state index is 14.2. The molecule has 2 aromatic carbocycles. The van der Waals surface area contributed by atoms with Crippen LogP contribution >= 0.6 is 0 Å². The molecule has 0 saturated carbocycles. The summed E-state index contributed by atoms with van der Waals surface area (Å²) in [6.07, 6.45) is 3.73. The molecular weight excluding hydrogens is 401 g/mol. The van der Waals surface area contributed by atoms with Crippen molar-refractivity contribution in [2.24, 2.45) is 0 Å². The summed E-state index contributed by atoms with van der Waals surface area (Å²) in [5.41, 5.74) is 5.12. The second-order valence-corrected chi connectivity index (χ2v) is 7.21. The molecule has 0 aliphatic heterocycles. The van der Waals surface area contributed by atoms with Crippen LogP contribution in [0, 0.1) is 24.6 Å². The molecule has 3 heterocycles. The molecular formula is C24H15F3N4. The van der Waals surface area contributed by atoms with E-state index in [0.29, 0.717) is 17.0 Å². The number of aromatic nitrogens is 4. The molecule has 0 amide bonds. The molecule has 0 aliphatic rings. The number of nitrogens with zero attached hydrogens (tertiary/aromatic N) is 3. The molecule has 0 atom stereocenters. The van der Waals surface area contributed by atoms with Crippen LogP contribution in [-0.4, -0.2) is 19.9 Å². The standard InChI is InChI=1S/C24H15F3N4/c1-13-7-21(16-10-29-24(27)30-11-16)28-12-17(13)14-5-6-20-15(8-14)9-22(31-20)23-18(25)3-2-4-19(23)26/h2-12,31H,1H3. The van der Waals surface area contributed by atoms with E-state index in [-0.39, 0.29) is 5.56 Å². The molecule has 3 aromatic heterocycles. The van der Waals surface area contributed by atoms with E-state index in [4.69, 9.17) is 0 Å². The van der Waals surface area contributed by atoms with Gasteiger partial charge in [0.05, 0.1) is 17.0 Å². The van der Waals surface area contributed by atoms with Gasteiger partial charge in [0, 0.05) is 40.6 Å². The van der Waals surface area contributed by atoms with Crippen LogP contribution in [0.3, 0.4) is 0 Å². The minimum atomic E-state index is -0.786. The molecule has 152 valence electrons. The Labute approximate surface area is 175 Å². The third kappa shape index (κ3) is 3.44. The Bertz CT molecular complexity index is 1410. The van der Waals surface area contributed by atoms with Crippen LogP contribution < -0.4 is 0 Å². The van der Waals surface area contributed by atoms with Crippen LogP contribution in [0.2, 0.25) is 0 Å². The fraction of sp³-hybridized carbons (Fsp3) is 0.0417. The Morgan fingerprint density at radius 1 is 0.774 bits per heavy atom. The van der Waals surface area contributed by atoms with E-state index in [1.54, 1.807) is 12.3 Å². The zero-order valence-corrected chi connectivity index (χ0v) is 16.3. The third-order valence-electron chi connectivity index (χ3n) is 5.19. The number of nitrogens with one attached hydrogen (secondary N) is 1.